The molecule has 0 amide bonds. The third kappa shape index (κ3) is 6.05. The number of rotatable bonds is 16. The van der Waals surface area contributed by atoms with Gasteiger partial charge in [0, 0.05) is 0 Å². The summed E-state index contributed by atoms with van der Waals surface area (Å²) in [6.07, 6.45) is 18.2. The standard InChI is InChI=1S/C20H42O3P.Sb/c1-5-9-11-13-15-19(7-3)17-24(21,22,23)18-20(8-4)16-14-12-10-6-2;/h19-20H,5-18H2,1-4H3;/q-3;+3. The van der Waals surface area contributed by atoms with Crippen LogP contribution in [0.5, 0.6) is 0 Å². The van der Waals surface area contributed by atoms with Gasteiger partial charge in [-0.2, -0.15) is 0 Å². The van der Waals surface area contributed by atoms with Crippen LogP contribution in [0.15, 0.2) is 0 Å². The number of hydrogen-bond donors (Lipinski definition) is 0. The molecule has 2 bridgehead atoms. The van der Waals surface area contributed by atoms with Crippen LogP contribution < -0.4 is 0 Å². The SMILES string of the molecule is CCCCCCC(CC)CP12(CC(CC)CCCCCC)[O][Sb]([O]1)[O]2. The zero-order valence-corrected chi connectivity index (χ0v) is 20.6. The molecule has 2 unspecified atom stereocenters. The van der Waals surface area contributed by atoms with Gasteiger partial charge < -0.3 is 0 Å². The molecule has 150 valence electrons. The molecule has 3 fully saturated rings. The van der Waals surface area contributed by atoms with E-state index in [-0.39, 0.29) is 0 Å². The maximum atomic E-state index is 6.39. The molecule has 3 rings (SSSR count). The summed E-state index contributed by atoms with van der Waals surface area (Å²) in [5.41, 5.74) is 0. The van der Waals surface area contributed by atoms with E-state index in [4.69, 9.17) is 8.41 Å². The Bertz CT molecular complexity index is 347. The zero-order chi connectivity index (χ0) is 18.2. The first-order chi connectivity index (χ1) is 12.1. The molecular formula is C20H42O3PSb. The van der Waals surface area contributed by atoms with E-state index in [0.29, 0.717) is 0 Å². The molecule has 0 spiro atoms. The summed E-state index contributed by atoms with van der Waals surface area (Å²) in [7, 11) is -2.61. The number of hydrogen-bond acceptors (Lipinski definition) is 3. The van der Waals surface area contributed by atoms with Crippen LogP contribution in [0.1, 0.15) is 105 Å². The van der Waals surface area contributed by atoms with Crippen LogP contribution in [-0.2, 0) is 8.41 Å². The van der Waals surface area contributed by atoms with E-state index in [9.17, 15) is 0 Å². The number of unbranched alkanes of at least 4 members (excludes halogenated alkanes) is 6. The summed E-state index contributed by atoms with van der Waals surface area (Å²) in [5, 5.41) is 0. The van der Waals surface area contributed by atoms with Crippen LogP contribution in [0, 0.1) is 11.8 Å². The van der Waals surface area contributed by atoms with E-state index in [1.807, 2.05) is 0 Å². The summed E-state index contributed by atoms with van der Waals surface area (Å²) in [4.78, 5) is 0. The van der Waals surface area contributed by atoms with Gasteiger partial charge in [-0.25, -0.2) is 0 Å². The quantitative estimate of drug-likeness (QED) is 0.131. The van der Waals surface area contributed by atoms with Crippen LogP contribution in [0.4, 0.5) is 0 Å². The van der Waals surface area contributed by atoms with Crippen LogP contribution in [0.3, 0.4) is 0 Å². The van der Waals surface area contributed by atoms with Crippen molar-refractivity contribution in [3.05, 3.63) is 0 Å². The van der Waals surface area contributed by atoms with Crippen LogP contribution in [0.25, 0.3) is 0 Å². The molecule has 0 aromatic rings. The molecule has 3 aliphatic rings. The fraction of sp³-hybridized carbons (Fsp3) is 1.00. The molecule has 0 N–H and O–H groups in total. The summed E-state index contributed by atoms with van der Waals surface area (Å²) in [6, 6.07) is 0. The van der Waals surface area contributed by atoms with E-state index < -0.39 is 28.8 Å². The summed E-state index contributed by atoms with van der Waals surface area (Å²) < 4.78 is 19.2. The molecule has 3 saturated heterocycles. The van der Waals surface area contributed by atoms with E-state index in [1.165, 1.54) is 77.0 Å². The third-order valence-electron chi connectivity index (χ3n) is 6.05. The van der Waals surface area contributed by atoms with Crippen LogP contribution in [0.2, 0.25) is 0 Å². The zero-order valence-electron chi connectivity index (χ0n) is 17.2. The minimum atomic E-state index is -2.61. The second kappa shape index (κ2) is 10.6. The predicted molar refractivity (Wildman–Crippen MR) is 111 cm³/mol. The Kier molecular flexibility index (Phi) is 9.52. The fourth-order valence-corrected chi connectivity index (χ4v) is 20.0. The second-order valence-corrected chi connectivity index (χ2v) is 17.4. The van der Waals surface area contributed by atoms with Crippen molar-refractivity contribution in [3.8, 4) is 0 Å². The van der Waals surface area contributed by atoms with Gasteiger partial charge in [0.1, 0.15) is 0 Å². The topological polar surface area (TPSA) is 27.7 Å². The Hall–Kier alpha value is 1.13. The van der Waals surface area contributed by atoms with Gasteiger partial charge in [0.15, 0.2) is 0 Å². The van der Waals surface area contributed by atoms with E-state index in [2.05, 4.69) is 27.7 Å². The first-order valence-electron chi connectivity index (χ1n) is 11.0. The molecule has 0 saturated carbocycles. The monoisotopic (exact) mass is 482 g/mol. The van der Waals surface area contributed by atoms with Crippen molar-refractivity contribution in [3.63, 3.8) is 0 Å². The van der Waals surface area contributed by atoms with Crippen molar-refractivity contribution in [1.29, 1.82) is 0 Å². The second-order valence-electron chi connectivity index (χ2n) is 8.30. The van der Waals surface area contributed by atoms with Crippen LogP contribution in [-0.4, -0.2) is 33.8 Å². The Morgan fingerprint density at radius 2 is 1.08 bits per heavy atom. The van der Waals surface area contributed by atoms with Gasteiger partial charge in [0.05, 0.1) is 0 Å². The summed E-state index contributed by atoms with van der Waals surface area (Å²) in [5.74, 6) is 1.46. The van der Waals surface area contributed by atoms with Gasteiger partial charge in [-0.1, -0.05) is 0 Å². The molecule has 0 aromatic carbocycles. The first kappa shape index (κ1) is 22.4. The molecule has 25 heavy (non-hydrogen) atoms. The van der Waals surface area contributed by atoms with Crippen molar-refractivity contribution < 1.29 is 8.41 Å². The molecular weight excluding hydrogens is 441 g/mol. The molecule has 2 atom stereocenters. The van der Waals surface area contributed by atoms with Gasteiger partial charge in [0.2, 0.25) is 0 Å². The van der Waals surface area contributed by atoms with Crippen molar-refractivity contribution in [1.82, 2.24) is 0 Å². The van der Waals surface area contributed by atoms with E-state index >= 15 is 0 Å². The normalized spacial score (nSPS) is 24.6. The molecule has 3 heterocycles. The third-order valence-corrected chi connectivity index (χ3v) is 22.8. The van der Waals surface area contributed by atoms with Crippen molar-refractivity contribution >= 4 is 28.8 Å². The average molecular weight is 483 g/mol. The van der Waals surface area contributed by atoms with E-state index in [0.717, 1.165) is 24.2 Å². The Morgan fingerprint density at radius 3 is 1.36 bits per heavy atom. The Labute approximate surface area is 165 Å². The Balaban J connectivity index is 1.83. The summed E-state index contributed by atoms with van der Waals surface area (Å²) in [6.45, 7) is 9.24. The summed E-state index contributed by atoms with van der Waals surface area (Å²) >= 11 is -2.04. The van der Waals surface area contributed by atoms with Gasteiger partial charge in [0.25, 0.3) is 0 Å². The first-order valence-corrected chi connectivity index (χ1v) is 16.5. The van der Waals surface area contributed by atoms with Crippen molar-refractivity contribution in [2.75, 3.05) is 12.3 Å². The van der Waals surface area contributed by atoms with Crippen molar-refractivity contribution in [2.24, 2.45) is 11.8 Å². The van der Waals surface area contributed by atoms with E-state index in [1.54, 1.807) is 0 Å². The van der Waals surface area contributed by atoms with Gasteiger partial charge in [-0.05, 0) is 0 Å². The predicted octanol–water partition coefficient (Wildman–Crippen LogP) is 7.34. The minimum absolute atomic E-state index is 0.732. The molecule has 3 nitrogen and oxygen atoms in total. The molecule has 0 radical (unpaired) electrons. The van der Waals surface area contributed by atoms with Crippen LogP contribution >= 0.6 is 7.28 Å². The molecule has 0 aromatic heterocycles. The average Bonchev–Trinajstić information content (AvgIpc) is 2.56. The van der Waals surface area contributed by atoms with Gasteiger partial charge in [-0.15, -0.1) is 0 Å². The van der Waals surface area contributed by atoms with Crippen molar-refractivity contribution in [2.45, 2.75) is 105 Å². The fourth-order valence-electron chi connectivity index (χ4n) is 4.31. The maximum absolute atomic E-state index is 6.39. The Morgan fingerprint density at radius 1 is 0.640 bits per heavy atom. The molecule has 3 aliphatic heterocycles. The van der Waals surface area contributed by atoms with Gasteiger partial charge >= 0.3 is 166 Å². The van der Waals surface area contributed by atoms with Gasteiger partial charge in [-0.3, -0.25) is 0 Å². The molecule has 0 aliphatic carbocycles. The molecule has 5 heteroatoms.